The number of ketones is 1. The van der Waals surface area contributed by atoms with Gasteiger partial charge in [0.15, 0.2) is 15.6 Å². The summed E-state index contributed by atoms with van der Waals surface area (Å²) in [6.45, 7) is 0. The Morgan fingerprint density at radius 2 is 1.70 bits per heavy atom. The summed E-state index contributed by atoms with van der Waals surface area (Å²) in [5.74, 6) is -3.15. The standard InChI is InChI=1S/C12H15FO5S2/c1-19(15,16)6-7-20(17,18)9-11(14)8-10-4-2-3-5-12(10)13/h2-5H,6-9H2,1H3. The molecule has 0 heterocycles. The van der Waals surface area contributed by atoms with Crippen molar-refractivity contribution in [1.29, 1.82) is 0 Å². The van der Waals surface area contributed by atoms with Gasteiger partial charge in [-0.3, -0.25) is 4.79 Å². The summed E-state index contributed by atoms with van der Waals surface area (Å²) in [5, 5.41) is 0. The number of carbonyl (C=O) groups is 1. The van der Waals surface area contributed by atoms with Crippen LogP contribution in [0.5, 0.6) is 0 Å². The Balaban J connectivity index is 2.64. The van der Waals surface area contributed by atoms with E-state index in [1.54, 1.807) is 6.07 Å². The molecule has 0 aliphatic heterocycles. The van der Waals surface area contributed by atoms with Crippen molar-refractivity contribution < 1.29 is 26.0 Å². The number of benzene rings is 1. The maximum absolute atomic E-state index is 13.3. The topological polar surface area (TPSA) is 85.3 Å². The van der Waals surface area contributed by atoms with E-state index in [1.807, 2.05) is 0 Å². The SMILES string of the molecule is CS(=O)(=O)CCS(=O)(=O)CC(=O)Cc1ccccc1F. The second kappa shape index (κ2) is 6.45. The highest BCUT2D eigenvalue weighted by atomic mass is 32.2. The Hall–Kier alpha value is -1.28. The van der Waals surface area contributed by atoms with E-state index in [4.69, 9.17) is 0 Å². The zero-order valence-electron chi connectivity index (χ0n) is 10.9. The molecule has 0 aliphatic carbocycles. The zero-order valence-corrected chi connectivity index (χ0v) is 12.5. The van der Waals surface area contributed by atoms with Gasteiger partial charge in [-0.15, -0.1) is 0 Å². The molecule has 0 N–H and O–H groups in total. The quantitative estimate of drug-likeness (QED) is 0.725. The van der Waals surface area contributed by atoms with E-state index in [-0.39, 0.29) is 12.0 Å². The van der Waals surface area contributed by atoms with Gasteiger partial charge in [-0.2, -0.15) is 0 Å². The van der Waals surface area contributed by atoms with Crippen LogP contribution in [-0.2, 0) is 30.9 Å². The number of hydrogen-bond acceptors (Lipinski definition) is 5. The molecular formula is C12H15FO5S2. The molecule has 112 valence electrons. The van der Waals surface area contributed by atoms with E-state index in [2.05, 4.69) is 0 Å². The summed E-state index contributed by atoms with van der Waals surface area (Å²) in [5.41, 5.74) is 0.121. The van der Waals surface area contributed by atoms with Crippen molar-refractivity contribution in [2.24, 2.45) is 0 Å². The third-order valence-electron chi connectivity index (χ3n) is 2.49. The van der Waals surface area contributed by atoms with Gasteiger partial charge in [0.25, 0.3) is 0 Å². The molecule has 0 spiro atoms. The van der Waals surface area contributed by atoms with Gasteiger partial charge in [0.05, 0.1) is 11.5 Å². The molecule has 0 amide bonds. The molecule has 0 aliphatic rings. The van der Waals surface area contributed by atoms with Gasteiger partial charge in [-0.05, 0) is 11.6 Å². The summed E-state index contributed by atoms with van der Waals surface area (Å²) < 4.78 is 58.3. The maximum Gasteiger partial charge on any atom is 0.158 e. The minimum atomic E-state index is -3.80. The smallest absolute Gasteiger partial charge is 0.158 e. The van der Waals surface area contributed by atoms with Crippen LogP contribution in [-0.4, -0.2) is 46.1 Å². The highest BCUT2D eigenvalue weighted by Gasteiger charge is 2.19. The summed E-state index contributed by atoms with van der Waals surface area (Å²) >= 11 is 0. The Morgan fingerprint density at radius 3 is 2.25 bits per heavy atom. The number of sulfone groups is 2. The van der Waals surface area contributed by atoms with Gasteiger partial charge in [-0.25, -0.2) is 21.2 Å². The van der Waals surface area contributed by atoms with Crippen LogP contribution < -0.4 is 0 Å². The number of halogens is 1. The summed E-state index contributed by atoms with van der Waals surface area (Å²) in [7, 11) is -7.21. The molecule has 0 radical (unpaired) electrons. The fourth-order valence-electron chi connectivity index (χ4n) is 1.50. The highest BCUT2D eigenvalue weighted by molar-refractivity contribution is 7.95. The van der Waals surface area contributed by atoms with E-state index in [1.165, 1.54) is 18.2 Å². The van der Waals surface area contributed by atoms with E-state index in [0.717, 1.165) is 6.26 Å². The maximum atomic E-state index is 13.3. The average molecular weight is 322 g/mol. The Morgan fingerprint density at radius 1 is 1.10 bits per heavy atom. The number of carbonyl (C=O) groups excluding carboxylic acids is 1. The Bertz CT molecular complexity index is 692. The first kappa shape index (κ1) is 16.8. The summed E-state index contributed by atoms with van der Waals surface area (Å²) in [6, 6.07) is 5.59. The monoisotopic (exact) mass is 322 g/mol. The van der Waals surface area contributed by atoms with Gasteiger partial charge < -0.3 is 0 Å². The molecule has 0 saturated carbocycles. The van der Waals surface area contributed by atoms with E-state index in [9.17, 15) is 26.0 Å². The van der Waals surface area contributed by atoms with Crippen LogP contribution in [0, 0.1) is 5.82 Å². The molecule has 8 heteroatoms. The Kier molecular flexibility index (Phi) is 5.41. The molecule has 0 bridgehead atoms. The molecule has 1 aromatic carbocycles. The molecule has 1 aromatic rings. The molecule has 0 fully saturated rings. The van der Waals surface area contributed by atoms with Gasteiger partial charge in [-0.1, -0.05) is 18.2 Å². The van der Waals surface area contributed by atoms with Crippen molar-refractivity contribution in [3.8, 4) is 0 Å². The predicted molar refractivity (Wildman–Crippen MR) is 73.5 cm³/mol. The minimum absolute atomic E-state index is 0.121. The van der Waals surface area contributed by atoms with Crippen molar-refractivity contribution >= 4 is 25.5 Å². The van der Waals surface area contributed by atoms with Crippen LogP contribution in [0.4, 0.5) is 4.39 Å². The predicted octanol–water partition coefficient (Wildman–Crippen LogP) is 0.397. The third-order valence-corrected chi connectivity index (χ3v) is 5.28. The molecule has 20 heavy (non-hydrogen) atoms. The third kappa shape index (κ3) is 6.25. The fourth-order valence-corrected chi connectivity index (χ4v) is 4.46. The largest absolute Gasteiger partial charge is 0.298 e. The van der Waals surface area contributed by atoms with Crippen LogP contribution in [0.1, 0.15) is 5.56 Å². The van der Waals surface area contributed by atoms with Gasteiger partial charge in [0, 0.05) is 12.7 Å². The first-order valence-corrected chi connectivity index (χ1v) is 9.60. The lowest BCUT2D eigenvalue weighted by molar-refractivity contribution is -0.116. The van der Waals surface area contributed by atoms with Crippen molar-refractivity contribution in [1.82, 2.24) is 0 Å². The van der Waals surface area contributed by atoms with Crippen LogP contribution >= 0.6 is 0 Å². The van der Waals surface area contributed by atoms with Crippen LogP contribution in [0.3, 0.4) is 0 Å². The Labute approximate surface area is 117 Å². The average Bonchev–Trinajstić information content (AvgIpc) is 2.28. The number of Topliss-reactive ketones (excluding diaryl/α,β-unsaturated/α-hetero) is 1. The molecule has 0 atom stereocenters. The second-order valence-electron chi connectivity index (χ2n) is 4.53. The zero-order chi connectivity index (χ0) is 15.4. The highest BCUT2D eigenvalue weighted by Crippen LogP contribution is 2.08. The first-order chi connectivity index (χ1) is 9.09. The van der Waals surface area contributed by atoms with E-state index < -0.39 is 48.5 Å². The number of hydrogen-bond donors (Lipinski definition) is 0. The number of rotatable bonds is 7. The van der Waals surface area contributed by atoms with Crippen LogP contribution in [0.15, 0.2) is 24.3 Å². The van der Waals surface area contributed by atoms with Gasteiger partial charge >= 0.3 is 0 Å². The van der Waals surface area contributed by atoms with E-state index >= 15 is 0 Å². The van der Waals surface area contributed by atoms with Gasteiger partial charge in [0.2, 0.25) is 0 Å². The van der Waals surface area contributed by atoms with Crippen molar-refractivity contribution in [2.45, 2.75) is 6.42 Å². The lowest BCUT2D eigenvalue weighted by Gasteiger charge is -2.04. The van der Waals surface area contributed by atoms with Crippen LogP contribution in [0.25, 0.3) is 0 Å². The minimum Gasteiger partial charge on any atom is -0.298 e. The van der Waals surface area contributed by atoms with Crippen molar-refractivity contribution in [2.75, 3.05) is 23.5 Å². The molecule has 0 saturated heterocycles. The van der Waals surface area contributed by atoms with Gasteiger partial charge in [0.1, 0.15) is 21.4 Å². The molecule has 5 nitrogen and oxygen atoms in total. The summed E-state index contributed by atoms with van der Waals surface area (Å²) in [4.78, 5) is 11.6. The molecular weight excluding hydrogens is 307 g/mol. The lowest BCUT2D eigenvalue weighted by Crippen LogP contribution is -2.24. The van der Waals surface area contributed by atoms with Crippen molar-refractivity contribution in [3.63, 3.8) is 0 Å². The molecule has 0 aromatic heterocycles. The van der Waals surface area contributed by atoms with Crippen LogP contribution in [0.2, 0.25) is 0 Å². The fraction of sp³-hybridized carbons (Fsp3) is 0.417. The molecule has 0 unspecified atom stereocenters. The second-order valence-corrected chi connectivity index (χ2v) is 8.97. The lowest BCUT2D eigenvalue weighted by atomic mass is 10.1. The normalized spacial score (nSPS) is 12.3. The van der Waals surface area contributed by atoms with E-state index in [0.29, 0.717) is 0 Å². The summed E-state index contributed by atoms with van der Waals surface area (Å²) in [6.07, 6.45) is 0.592. The van der Waals surface area contributed by atoms with Crippen molar-refractivity contribution in [3.05, 3.63) is 35.6 Å². The first-order valence-electron chi connectivity index (χ1n) is 5.72. The molecule has 1 rings (SSSR count).